The first-order valence-electron chi connectivity index (χ1n) is 6.12. The molecule has 1 rings (SSSR count). The van der Waals surface area contributed by atoms with Crippen LogP contribution in [-0.4, -0.2) is 53.6 Å². The summed E-state index contributed by atoms with van der Waals surface area (Å²) in [7, 11) is 1.66. The largest absolute Gasteiger partial charge is 0.481 e. The van der Waals surface area contributed by atoms with E-state index in [4.69, 9.17) is 5.11 Å². The molecule has 0 saturated carbocycles. The first kappa shape index (κ1) is 13.8. The quantitative estimate of drug-likeness (QED) is 0.815. The van der Waals surface area contributed by atoms with Crippen molar-refractivity contribution in [2.45, 2.75) is 26.7 Å². The maximum Gasteiger partial charge on any atom is 0.319 e. The molecule has 98 valence electrons. The standard InChI is InChI=1S/C12H22N2O3/c1-9-6-10(2)8-14(7-9)12(17)13(3)5-4-11(15)16/h9-10H,4-8H2,1-3H3,(H,15,16). The van der Waals surface area contributed by atoms with Gasteiger partial charge in [-0.25, -0.2) is 4.79 Å². The second-order valence-electron chi connectivity index (χ2n) is 5.20. The fourth-order valence-electron chi connectivity index (χ4n) is 2.42. The van der Waals surface area contributed by atoms with Crippen LogP contribution in [0.1, 0.15) is 26.7 Å². The van der Waals surface area contributed by atoms with Crippen LogP contribution >= 0.6 is 0 Å². The van der Waals surface area contributed by atoms with Crippen LogP contribution in [0, 0.1) is 11.8 Å². The number of amides is 2. The summed E-state index contributed by atoms with van der Waals surface area (Å²) in [5, 5.41) is 8.59. The van der Waals surface area contributed by atoms with Crippen LogP contribution in [0.2, 0.25) is 0 Å². The summed E-state index contributed by atoms with van der Waals surface area (Å²) < 4.78 is 0. The van der Waals surface area contributed by atoms with Crippen molar-refractivity contribution in [3.63, 3.8) is 0 Å². The third kappa shape index (κ3) is 4.24. The normalized spacial score (nSPS) is 24.5. The Kier molecular flexibility index (Phi) is 4.78. The van der Waals surface area contributed by atoms with E-state index in [1.165, 1.54) is 4.90 Å². The number of nitrogens with zero attached hydrogens (tertiary/aromatic N) is 2. The Labute approximate surface area is 102 Å². The Hall–Kier alpha value is -1.26. The van der Waals surface area contributed by atoms with Crippen LogP contribution in [0.25, 0.3) is 0 Å². The predicted molar refractivity (Wildman–Crippen MR) is 64.8 cm³/mol. The highest BCUT2D eigenvalue weighted by atomic mass is 16.4. The molecule has 0 spiro atoms. The molecule has 0 aromatic carbocycles. The molecule has 0 bridgehead atoms. The molecule has 17 heavy (non-hydrogen) atoms. The molecule has 2 amide bonds. The van der Waals surface area contributed by atoms with Crippen LogP contribution in [-0.2, 0) is 4.79 Å². The summed E-state index contributed by atoms with van der Waals surface area (Å²) in [4.78, 5) is 25.8. The van der Waals surface area contributed by atoms with E-state index in [0.29, 0.717) is 11.8 Å². The molecule has 1 fully saturated rings. The number of piperidine rings is 1. The van der Waals surface area contributed by atoms with E-state index in [1.54, 1.807) is 7.05 Å². The summed E-state index contributed by atoms with van der Waals surface area (Å²) in [6, 6.07) is -0.0512. The molecule has 1 aliphatic rings. The highest BCUT2D eigenvalue weighted by molar-refractivity contribution is 5.75. The predicted octanol–water partition coefficient (Wildman–Crippen LogP) is 1.49. The van der Waals surface area contributed by atoms with Gasteiger partial charge in [0.2, 0.25) is 0 Å². The fraction of sp³-hybridized carbons (Fsp3) is 0.833. The molecule has 0 radical (unpaired) electrons. The number of carbonyl (C=O) groups excluding carboxylic acids is 1. The molecule has 1 heterocycles. The van der Waals surface area contributed by atoms with Gasteiger partial charge in [0, 0.05) is 26.7 Å². The zero-order valence-corrected chi connectivity index (χ0v) is 10.8. The fourth-order valence-corrected chi connectivity index (χ4v) is 2.42. The second kappa shape index (κ2) is 5.89. The number of urea groups is 1. The first-order chi connectivity index (χ1) is 7.90. The highest BCUT2D eigenvalue weighted by Crippen LogP contribution is 2.21. The van der Waals surface area contributed by atoms with Crippen LogP contribution in [0.3, 0.4) is 0 Å². The van der Waals surface area contributed by atoms with Crippen molar-refractivity contribution in [2.75, 3.05) is 26.7 Å². The van der Waals surface area contributed by atoms with Crippen molar-refractivity contribution >= 4 is 12.0 Å². The number of carboxylic acid groups (broad SMARTS) is 1. The molecule has 0 aromatic rings. The number of carbonyl (C=O) groups is 2. The zero-order valence-electron chi connectivity index (χ0n) is 10.8. The number of likely N-dealkylation sites (tertiary alicyclic amines) is 1. The third-order valence-corrected chi connectivity index (χ3v) is 3.13. The van der Waals surface area contributed by atoms with E-state index in [2.05, 4.69) is 13.8 Å². The molecule has 1 saturated heterocycles. The lowest BCUT2D eigenvalue weighted by molar-refractivity contribution is -0.137. The Morgan fingerprint density at radius 2 is 1.82 bits per heavy atom. The maximum atomic E-state index is 12.1. The summed E-state index contributed by atoms with van der Waals surface area (Å²) in [6.45, 7) is 6.12. The number of rotatable bonds is 3. The summed E-state index contributed by atoms with van der Waals surface area (Å²) in [6.07, 6.45) is 1.16. The molecule has 5 heteroatoms. The van der Waals surface area contributed by atoms with E-state index in [9.17, 15) is 9.59 Å². The monoisotopic (exact) mass is 242 g/mol. The minimum Gasteiger partial charge on any atom is -0.481 e. The van der Waals surface area contributed by atoms with Crippen molar-refractivity contribution in [1.29, 1.82) is 0 Å². The van der Waals surface area contributed by atoms with Gasteiger partial charge in [0.25, 0.3) is 0 Å². The van der Waals surface area contributed by atoms with Crippen molar-refractivity contribution in [1.82, 2.24) is 9.80 Å². The lowest BCUT2D eigenvalue weighted by atomic mass is 9.92. The first-order valence-corrected chi connectivity index (χ1v) is 6.12. The zero-order chi connectivity index (χ0) is 13.0. The van der Waals surface area contributed by atoms with Gasteiger partial charge in [0.15, 0.2) is 0 Å². The third-order valence-electron chi connectivity index (χ3n) is 3.13. The molecular weight excluding hydrogens is 220 g/mol. The molecule has 0 aliphatic carbocycles. The minimum atomic E-state index is -0.870. The Bertz CT molecular complexity index is 283. The second-order valence-corrected chi connectivity index (χ2v) is 5.20. The van der Waals surface area contributed by atoms with Crippen LogP contribution in [0.4, 0.5) is 4.79 Å². The smallest absolute Gasteiger partial charge is 0.319 e. The average molecular weight is 242 g/mol. The molecule has 1 N–H and O–H groups in total. The van der Waals surface area contributed by atoms with Crippen molar-refractivity contribution < 1.29 is 14.7 Å². The van der Waals surface area contributed by atoms with E-state index in [1.807, 2.05) is 4.90 Å². The summed E-state index contributed by atoms with van der Waals surface area (Å²) in [5.74, 6) is 0.177. The number of hydrogen-bond acceptors (Lipinski definition) is 2. The van der Waals surface area contributed by atoms with Gasteiger partial charge >= 0.3 is 12.0 Å². The number of hydrogen-bond donors (Lipinski definition) is 1. The van der Waals surface area contributed by atoms with Crippen LogP contribution < -0.4 is 0 Å². The van der Waals surface area contributed by atoms with Crippen molar-refractivity contribution in [3.05, 3.63) is 0 Å². The van der Waals surface area contributed by atoms with Gasteiger partial charge in [-0.15, -0.1) is 0 Å². The van der Waals surface area contributed by atoms with Gasteiger partial charge in [0.05, 0.1) is 6.42 Å². The van der Waals surface area contributed by atoms with Gasteiger partial charge in [-0.3, -0.25) is 4.79 Å². The molecular formula is C12H22N2O3. The molecule has 1 aliphatic heterocycles. The van der Waals surface area contributed by atoms with E-state index in [-0.39, 0.29) is 19.0 Å². The van der Waals surface area contributed by atoms with E-state index < -0.39 is 5.97 Å². The molecule has 2 atom stereocenters. The Morgan fingerprint density at radius 1 is 1.29 bits per heavy atom. The summed E-state index contributed by atoms with van der Waals surface area (Å²) in [5.41, 5.74) is 0. The highest BCUT2D eigenvalue weighted by Gasteiger charge is 2.27. The van der Waals surface area contributed by atoms with Crippen molar-refractivity contribution in [3.8, 4) is 0 Å². The Balaban J connectivity index is 2.47. The van der Waals surface area contributed by atoms with Crippen LogP contribution in [0.15, 0.2) is 0 Å². The number of aliphatic carboxylic acids is 1. The van der Waals surface area contributed by atoms with Gasteiger partial charge in [-0.1, -0.05) is 13.8 Å². The molecule has 5 nitrogen and oxygen atoms in total. The molecule has 2 unspecified atom stereocenters. The van der Waals surface area contributed by atoms with Gasteiger partial charge in [-0.2, -0.15) is 0 Å². The van der Waals surface area contributed by atoms with Gasteiger partial charge < -0.3 is 14.9 Å². The molecule has 0 aromatic heterocycles. The summed E-state index contributed by atoms with van der Waals surface area (Å²) >= 11 is 0. The lowest BCUT2D eigenvalue weighted by Gasteiger charge is -2.37. The topological polar surface area (TPSA) is 60.9 Å². The lowest BCUT2D eigenvalue weighted by Crippen LogP contribution is -2.48. The van der Waals surface area contributed by atoms with Crippen molar-refractivity contribution in [2.24, 2.45) is 11.8 Å². The van der Waals surface area contributed by atoms with E-state index >= 15 is 0 Å². The Morgan fingerprint density at radius 3 is 2.29 bits per heavy atom. The SMILES string of the molecule is CC1CC(C)CN(C(=O)N(C)CCC(=O)O)C1. The van der Waals surface area contributed by atoms with Gasteiger partial charge in [-0.05, 0) is 18.3 Å². The minimum absolute atomic E-state index is 0.00118. The number of carboxylic acids is 1. The van der Waals surface area contributed by atoms with Gasteiger partial charge in [0.1, 0.15) is 0 Å². The average Bonchev–Trinajstić information content (AvgIpc) is 2.23. The van der Waals surface area contributed by atoms with E-state index in [0.717, 1.165) is 19.5 Å². The maximum absolute atomic E-state index is 12.1. The van der Waals surface area contributed by atoms with Crippen LogP contribution in [0.5, 0.6) is 0 Å².